The number of anilines is 1. The normalized spacial score (nSPS) is 16.7. The lowest BCUT2D eigenvalue weighted by Crippen LogP contribution is -2.40. The standard InChI is InChI=1S/C23H26N4OS/c1-4-26-21(15-18-10-6-5-7-11-18)24-25-23(26)29-17(3)22(28)27-16(2)14-19-12-8-9-13-20(19)27/h5-13,16-17H,4,14-15H2,1-3H3. The minimum atomic E-state index is -0.234. The number of nitrogens with zero attached hydrogens (tertiary/aromatic N) is 4. The summed E-state index contributed by atoms with van der Waals surface area (Å²) in [5.74, 6) is 1.06. The van der Waals surface area contributed by atoms with E-state index in [1.807, 2.05) is 48.2 Å². The highest BCUT2D eigenvalue weighted by Gasteiger charge is 2.34. The summed E-state index contributed by atoms with van der Waals surface area (Å²) in [6, 6.07) is 18.6. The zero-order chi connectivity index (χ0) is 20.4. The fraction of sp³-hybridized carbons (Fsp3) is 0.348. The van der Waals surface area contributed by atoms with Crippen LogP contribution in [0, 0.1) is 0 Å². The van der Waals surface area contributed by atoms with E-state index in [0.717, 1.165) is 36.1 Å². The molecule has 2 unspecified atom stereocenters. The maximum atomic E-state index is 13.3. The smallest absolute Gasteiger partial charge is 0.240 e. The van der Waals surface area contributed by atoms with Crippen LogP contribution in [-0.2, 0) is 24.2 Å². The largest absolute Gasteiger partial charge is 0.308 e. The molecule has 1 aliphatic heterocycles. The SMILES string of the molecule is CCn1c(Cc2ccccc2)nnc1SC(C)C(=O)N1c2ccccc2CC1C. The highest BCUT2D eigenvalue weighted by molar-refractivity contribution is 8.00. The predicted octanol–water partition coefficient (Wildman–Crippen LogP) is 4.35. The van der Waals surface area contributed by atoms with E-state index in [4.69, 9.17) is 0 Å². The average Bonchev–Trinajstić information content (AvgIpc) is 3.27. The van der Waals surface area contributed by atoms with Gasteiger partial charge in [-0.05, 0) is 44.4 Å². The molecule has 6 heteroatoms. The Morgan fingerprint density at radius 1 is 1.14 bits per heavy atom. The van der Waals surface area contributed by atoms with Crippen molar-refractivity contribution in [2.45, 2.75) is 56.6 Å². The maximum absolute atomic E-state index is 13.3. The summed E-state index contributed by atoms with van der Waals surface area (Å²) in [7, 11) is 0. The quantitative estimate of drug-likeness (QED) is 0.571. The van der Waals surface area contributed by atoms with Crippen LogP contribution >= 0.6 is 11.8 Å². The van der Waals surface area contributed by atoms with Crippen molar-refractivity contribution in [3.05, 3.63) is 71.5 Å². The number of amides is 1. The van der Waals surface area contributed by atoms with Gasteiger partial charge in [0, 0.05) is 24.7 Å². The molecule has 2 heterocycles. The Morgan fingerprint density at radius 2 is 1.86 bits per heavy atom. The van der Waals surface area contributed by atoms with E-state index in [0.29, 0.717) is 0 Å². The molecule has 2 aromatic carbocycles. The second-order valence-corrected chi connectivity index (χ2v) is 8.76. The molecule has 5 nitrogen and oxygen atoms in total. The minimum Gasteiger partial charge on any atom is -0.308 e. The van der Waals surface area contributed by atoms with E-state index in [1.165, 1.54) is 22.9 Å². The van der Waals surface area contributed by atoms with Crippen molar-refractivity contribution in [1.29, 1.82) is 0 Å². The lowest BCUT2D eigenvalue weighted by molar-refractivity contribution is -0.118. The molecule has 3 aromatic rings. The molecule has 1 amide bonds. The second kappa shape index (κ2) is 8.41. The third-order valence-electron chi connectivity index (χ3n) is 5.39. The third-order valence-corrected chi connectivity index (χ3v) is 6.46. The molecule has 1 aliphatic rings. The number of hydrogen-bond donors (Lipinski definition) is 0. The monoisotopic (exact) mass is 406 g/mol. The molecule has 0 aliphatic carbocycles. The first-order valence-corrected chi connectivity index (χ1v) is 11.0. The highest BCUT2D eigenvalue weighted by Crippen LogP contribution is 2.34. The van der Waals surface area contributed by atoms with Crippen LogP contribution in [-0.4, -0.2) is 32.0 Å². The number of thioether (sulfide) groups is 1. The van der Waals surface area contributed by atoms with E-state index < -0.39 is 0 Å². The van der Waals surface area contributed by atoms with E-state index >= 15 is 0 Å². The van der Waals surface area contributed by atoms with Crippen molar-refractivity contribution in [3.8, 4) is 0 Å². The zero-order valence-electron chi connectivity index (χ0n) is 17.1. The zero-order valence-corrected chi connectivity index (χ0v) is 17.9. The first kappa shape index (κ1) is 19.7. The highest BCUT2D eigenvalue weighted by atomic mass is 32.2. The van der Waals surface area contributed by atoms with E-state index in [9.17, 15) is 4.79 Å². The number of carbonyl (C=O) groups excluding carboxylic acids is 1. The van der Waals surface area contributed by atoms with Crippen LogP contribution in [0.25, 0.3) is 0 Å². The summed E-state index contributed by atoms with van der Waals surface area (Å²) in [5.41, 5.74) is 3.49. The van der Waals surface area contributed by atoms with Crippen LogP contribution in [0.4, 0.5) is 5.69 Å². The summed E-state index contributed by atoms with van der Waals surface area (Å²) in [6.45, 7) is 6.95. The summed E-state index contributed by atoms with van der Waals surface area (Å²) in [4.78, 5) is 15.2. The van der Waals surface area contributed by atoms with Gasteiger partial charge in [-0.25, -0.2) is 0 Å². The number of fused-ring (bicyclic) bond motifs is 1. The Labute approximate surface area is 176 Å². The fourth-order valence-electron chi connectivity index (χ4n) is 3.94. The molecule has 2 atom stereocenters. The molecular weight excluding hydrogens is 380 g/mol. The molecule has 0 fully saturated rings. The van der Waals surface area contributed by atoms with E-state index in [-0.39, 0.29) is 17.2 Å². The molecule has 0 bridgehead atoms. The van der Waals surface area contributed by atoms with Gasteiger partial charge in [-0.1, -0.05) is 60.3 Å². The number of para-hydroxylation sites is 1. The van der Waals surface area contributed by atoms with Gasteiger partial charge in [0.15, 0.2) is 5.16 Å². The van der Waals surface area contributed by atoms with Crippen LogP contribution in [0.15, 0.2) is 59.8 Å². The molecule has 0 radical (unpaired) electrons. The van der Waals surface area contributed by atoms with Crippen molar-refractivity contribution in [3.63, 3.8) is 0 Å². The van der Waals surface area contributed by atoms with E-state index in [2.05, 4.69) is 46.8 Å². The fourth-order valence-corrected chi connectivity index (χ4v) is 4.92. The van der Waals surface area contributed by atoms with Gasteiger partial charge in [0.05, 0.1) is 5.25 Å². The molecule has 0 saturated heterocycles. The molecule has 0 N–H and O–H groups in total. The molecule has 29 heavy (non-hydrogen) atoms. The van der Waals surface area contributed by atoms with Gasteiger partial charge in [-0.15, -0.1) is 10.2 Å². The van der Waals surface area contributed by atoms with Crippen LogP contribution in [0.5, 0.6) is 0 Å². The van der Waals surface area contributed by atoms with Gasteiger partial charge < -0.3 is 9.47 Å². The Bertz CT molecular complexity index is 1000. The van der Waals surface area contributed by atoms with Crippen molar-refractivity contribution in [2.24, 2.45) is 0 Å². The average molecular weight is 407 g/mol. The minimum absolute atomic E-state index is 0.128. The summed E-state index contributed by atoms with van der Waals surface area (Å²) in [5, 5.41) is 9.38. The Hall–Kier alpha value is -2.60. The van der Waals surface area contributed by atoms with Crippen molar-refractivity contribution >= 4 is 23.4 Å². The number of benzene rings is 2. The van der Waals surface area contributed by atoms with Gasteiger partial charge >= 0.3 is 0 Å². The molecule has 0 saturated carbocycles. The number of carbonyl (C=O) groups is 1. The predicted molar refractivity (Wildman–Crippen MR) is 117 cm³/mol. The maximum Gasteiger partial charge on any atom is 0.240 e. The van der Waals surface area contributed by atoms with Gasteiger partial charge in [0.1, 0.15) is 5.82 Å². The Balaban J connectivity index is 1.51. The molecule has 0 spiro atoms. The summed E-state index contributed by atoms with van der Waals surface area (Å²) >= 11 is 1.50. The van der Waals surface area contributed by atoms with Gasteiger partial charge in [0.2, 0.25) is 5.91 Å². The lowest BCUT2D eigenvalue weighted by atomic mass is 10.1. The van der Waals surface area contributed by atoms with E-state index in [1.54, 1.807) is 0 Å². The first-order valence-electron chi connectivity index (χ1n) is 10.1. The van der Waals surface area contributed by atoms with Gasteiger partial charge in [-0.3, -0.25) is 4.79 Å². The Morgan fingerprint density at radius 3 is 2.62 bits per heavy atom. The van der Waals surface area contributed by atoms with Crippen molar-refractivity contribution in [2.75, 3.05) is 4.90 Å². The van der Waals surface area contributed by atoms with Crippen LogP contribution < -0.4 is 4.90 Å². The lowest BCUT2D eigenvalue weighted by Gasteiger charge is -2.25. The van der Waals surface area contributed by atoms with Gasteiger partial charge in [-0.2, -0.15) is 0 Å². The first-order chi connectivity index (χ1) is 14.1. The molecule has 150 valence electrons. The van der Waals surface area contributed by atoms with Crippen LogP contribution in [0.1, 0.15) is 37.7 Å². The van der Waals surface area contributed by atoms with Crippen LogP contribution in [0.2, 0.25) is 0 Å². The van der Waals surface area contributed by atoms with Crippen LogP contribution in [0.3, 0.4) is 0 Å². The summed E-state index contributed by atoms with van der Waals surface area (Å²) < 4.78 is 2.11. The number of aromatic nitrogens is 3. The third kappa shape index (κ3) is 3.94. The van der Waals surface area contributed by atoms with Gasteiger partial charge in [0.25, 0.3) is 0 Å². The Kier molecular flexibility index (Phi) is 5.72. The molecular formula is C23H26N4OS. The summed E-state index contributed by atoms with van der Waals surface area (Å²) in [6.07, 6.45) is 1.65. The van der Waals surface area contributed by atoms with Crippen molar-refractivity contribution < 1.29 is 4.79 Å². The number of rotatable bonds is 6. The molecule has 4 rings (SSSR count). The second-order valence-electron chi connectivity index (χ2n) is 7.46. The molecule has 1 aromatic heterocycles. The van der Waals surface area contributed by atoms with Crippen molar-refractivity contribution in [1.82, 2.24) is 14.8 Å². The topological polar surface area (TPSA) is 51.0 Å². The number of hydrogen-bond acceptors (Lipinski definition) is 4.